The first-order valence-corrected chi connectivity index (χ1v) is 14.0. The molecule has 0 atom stereocenters. The lowest BCUT2D eigenvalue weighted by molar-refractivity contribution is -0.137. The standard InChI is InChI=1S/C30H33F3N6O/c31-30(32,33)23-11-9-22(10-12-23)28(40)39-16-13-26-25(21-39)27(37-14-5-2-6-15-37)35-29(34-26)38-19-17-36(18-20-38)24-7-3-1-4-8-24/h1,3-4,7-12H,2,5-6,13-21H2. The van der Waals surface area contributed by atoms with Crippen LogP contribution in [-0.4, -0.2) is 66.6 Å². The van der Waals surface area contributed by atoms with Gasteiger partial charge in [0.15, 0.2) is 0 Å². The van der Waals surface area contributed by atoms with E-state index >= 15 is 0 Å². The smallest absolute Gasteiger partial charge is 0.368 e. The number of piperazine rings is 1. The van der Waals surface area contributed by atoms with Crippen LogP contribution < -0.4 is 14.7 Å². The van der Waals surface area contributed by atoms with Gasteiger partial charge in [-0.05, 0) is 55.7 Å². The molecule has 0 radical (unpaired) electrons. The van der Waals surface area contributed by atoms with Gasteiger partial charge < -0.3 is 19.6 Å². The summed E-state index contributed by atoms with van der Waals surface area (Å²) < 4.78 is 39.0. The number of nitrogens with zero attached hydrogens (tertiary/aromatic N) is 6. The first-order chi connectivity index (χ1) is 19.4. The second-order valence-corrected chi connectivity index (χ2v) is 10.7. The monoisotopic (exact) mass is 550 g/mol. The summed E-state index contributed by atoms with van der Waals surface area (Å²) in [4.78, 5) is 32.1. The van der Waals surface area contributed by atoms with Crippen molar-refractivity contribution in [2.75, 3.05) is 60.5 Å². The van der Waals surface area contributed by atoms with Crippen molar-refractivity contribution in [3.8, 4) is 0 Å². The van der Waals surface area contributed by atoms with E-state index in [1.54, 1.807) is 4.90 Å². The molecule has 0 unspecified atom stereocenters. The van der Waals surface area contributed by atoms with Gasteiger partial charge >= 0.3 is 6.18 Å². The third-order valence-corrected chi connectivity index (χ3v) is 8.11. The number of amides is 1. The number of rotatable bonds is 4. The van der Waals surface area contributed by atoms with Gasteiger partial charge in [-0.2, -0.15) is 18.2 Å². The first kappa shape index (κ1) is 26.4. The summed E-state index contributed by atoms with van der Waals surface area (Å²) in [5, 5.41) is 0. The zero-order valence-corrected chi connectivity index (χ0v) is 22.4. The molecule has 3 aromatic rings. The minimum Gasteiger partial charge on any atom is -0.368 e. The van der Waals surface area contributed by atoms with Crippen molar-refractivity contribution in [1.82, 2.24) is 14.9 Å². The summed E-state index contributed by atoms with van der Waals surface area (Å²) in [5.41, 5.74) is 2.64. The first-order valence-electron chi connectivity index (χ1n) is 14.0. The van der Waals surface area contributed by atoms with Crippen molar-refractivity contribution < 1.29 is 18.0 Å². The van der Waals surface area contributed by atoms with E-state index in [0.717, 1.165) is 87.3 Å². The fraction of sp³-hybridized carbons (Fsp3) is 0.433. The average Bonchev–Trinajstić information content (AvgIpc) is 3.00. The van der Waals surface area contributed by atoms with Crippen LogP contribution in [0.5, 0.6) is 0 Å². The Morgan fingerprint density at radius 3 is 2.08 bits per heavy atom. The number of para-hydroxylation sites is 1. The molecule has 0 bridgehead atoms. The molecule has 4 heterocycles. The maximum absolute atomic E-state index is 13.3. The number of fused-ring (bicyclic) bond motifs is 1. The van der Waals surface area contributed by atoms with Crippen LogP contribution in [0.25, 0.3) is 0 Å². The number of benzene rings is 2. The second kappa shape index (κ2) is 11.0. The molecule has 3 aliphatic heterocycles. The van der Waals surface area contributed by atoms with Crippen LogP contribution in [0.4, 0.5) is 30.6 Å². The Labute approximate surface area is 232 Å². The number of carbonyl (C=O) groups excluding carboxylic acids is 1. The van der Waals surface area contributed by atoms with Crippen molar-refractivity contribution >= 4 is 23.4 Å². The number of alkyl halides is 3. The molecule has 1 aromatic heterocycles. The number of halogens is 3. The summed E-state index contributed by atoms with van der Waals surface area (Å²) in [6, 6.07) is 14.9. The number of hydrogen-bond acceptors (Lipinski definition) is 6. The maximum Gasteiger partial charge on any atom is 0.416 e. The van der Waals surface area contributed by atoms with Crippen molar-refractivity contribution in [1.29, 1.82) is 0 Å². The lowest BCUT2D eigenvalue weighted by Gasteiger charge is -2.38. The third-order valence-electron chi connectivity index (χ3n) is 8.11. The van der Waals surface area contributed by atoms with Crippen LogP contribution in [0.2, 0.25) is 0 Å². The Bertz CT molecular complexity index is 1330. The molecule has 1 amide bonds. The highest BCUT2D eigenvalue weighted by Crippen LogP contribution is 2.33. The summed E-state index contributed by atoms with van der Waals surface area (Å²) in [5.74, 6) is 1.37. The molecule has 2 saturated heterocycles. The van der Waals surface area contributed by atoms with Crippen LogP contribution >= 0.6 is 0 Å². The normalized spacial score (nSPS) is 18.1. The number of carbonyl (C=O) groups is 1. The van der Waals surface area contributed by atoms with E-state index in [-0.39, 0.29) is 11.5 Å². The summed E-state index contributed by atoms with van der Waals surface area (Å²) >= 11 is 0. The molecule has 0 aliphatic carbocycles. The van der Waals surface area contributed by atoms with E-state index < -0.39 is 11.7 Å². The third kappa shape index (κ3) is 5.44. The van der Waals surface area contributed by atoms with Gasteiger partial charge in [-0.3, -0.25) is 4.79 Å². The zero-order valence-electron chi connectivity index (χ0n) is 22.4. The van der Waals surface area contributed by atoms with Gasteiger partial charge in [-0.1, -0.05) is 18.2 Å². The molecule has 0 spiro atoms. The van der Waals surface area contributed by atoms with Gasteiger partial charge in [0.25, 0.3) is 5.91 Å². The fourth-order valence-electron chi connectivity index (χ4n) is 5.85. The summed E-state index contributed by atoms with van der Waals surface area (Å²) in [6.07, 6.45) is -0.465. The van der Waals surface area contributed by atoms with Gasteiger partial charge in [0.1, 0.15) is 5.82 Å². The molecule has 210 valence electrons. The van der Waals surface area contributed by atoms with Crippen molar-refractivity contribution in [2.24, 2.45) is 0 Å². The largest absolute Gasteiger partial charge is 0.416 e. The molecular formula is C30H33F3N6O. The number of hydrogen-bond donors (Lipinski definition) is 0. The molecule has 0 saturated carbocycles. The van der Waals surface area contributed by atoms with Crippen LogP contribution in [0.3, 0.4) is 0 Å². The number of anilines is 3. The van der Waals surface area contributed by atoms with Crippen molar-refractivity contribution in [3.05, 3.63) is 77.0 Å². The highest BCUT2D eigenvalue weighted by Gasteiger charge is 2.32. The lowest BCUT2D eigenvalue weighted by atomic mass is 10.0. The number of piperidine rings is 1. The Kier molecular flexibility index (Phi) is 7.25. The minimum absolute atomic E-state index is 0.254. The topological polar surface area (TPSA) is 55.8 Å². The van der Waals surface area contributed by atoms with Gasteiger partial charge in [0.2, 0.25) is 5.95 Å². The molecule has 2 fully saturated rings. The minimum atomic E-state index is -4.43. The summed E-state index contributed by atoms with van der Waals surface area (Å²) in [6.45, 7) is 6.07. The highest BCUT2D eigenvalue weighted by molar-refractivity contribution is 5.94. The summed E-state index contributed by atoms with van der Waals surface area (Å²) in [7, 11) is 0. The van der Waals surface area contributed by atoms with E-state index in [1.165, 1.54) is 24.2 Å². The predicted octanol–water partition coefficient (Wildman–Crippen LogP) is 5.01. The zero-order chi connectivity index (χ0) is 27.7. The van der Waals surface area contributed by atoms with E-state index in [1.807, 2.05) is 6.07 Å². The predicted molar refractivity (Wildman–Crippen MR) is 149 cm³/mol. The highest BCUT2D eigenvalue weighted by atomic mass is 19.4. The van der Waals surface area contributed by atoms with Crippen LogP contribution in [-0.2, 0) is 19.1 Å². The van der Waals surface area contributed by atoms with Gasteiger partial charge in [0.05, 0.1) is 17.8 Å². The maximum atomic E-state index is 13.3. The lowest BCUT2D eigenvalue weighted by Crippen LogP contribution is -2.47. The Morgan fingerprint density at radius 1 is 0.725 bits per heavy atom. The van der Waals surface area contributed by atoms with Gasteiger partial charge in [-0.25, -0.2) is 4.98 Å². The van der Waals surface area contributed by atoms with Crippen LogP contribution in [0.15, 0.2) is 54.6 Å². The van der Waals surface area contributed by atoms with Crippen LogP contribution in [0, 0.1) is 0 Å². The molecule has 7 nitrogen and oxygen atoms in total. The van der Waals surface area contributed by atoms with Crippen LogP contribution in [0.1, 0.15) is 46.4 Å². The average molecular weight is 551 g/mol. The van der Waals surface area contributed by atoms with E-state index in [9.17, 15) is 18.0 Å². The van der Waals surface area contributed by atoms with Gasteiger partial charge in [-0.15, -0.1) is 0 Å². The molecule has 0 N–H and O–H groups in total. The van der Waals surface area contributed by atoms with Crippen molar-refractivity contribution in [3.63, 3.8) is 0 Å². The van der Waals surface area contributed by atoms with Gasteiger partial charge in [0, 0.05) is 69.0 Å². The van der Waals surface area contributed by atoms with E-state index in [0.29, 0.717) is 19.5 Å². The fourth-order valence-corrected chi connectivity index (χ4v) is 5.85. The van der Waals surface area contributed by atoms with E-state index in [2.05, 4.69) is 39.0 Å². The molecule has 40 heavy (non-hydrogen) atoms. The second-order valence-electron chi connectivity index (χ2n) is 10.7. The SMILES string of the molecule is O=C(c1ccc(C(F)(F)F)cc1)N1CCc2nc(N3CCN(c4ccccc4)CC3)nc(N3CCCCC3)c2C1. The quantitative estimate of drug-likeness (QED) is 0.455. The molecular weight excluding hydrogens is 517 g/mol. The van der Waals surface area contributed by atoms with Crippen molar-refractivity contribution in [2.45, 2.75) is 38.4 Å². The molecule has 2 aromatic carbocycles. The molecule has 10 heteroatoms. The molecule has 3 aliphatic rings. The number of aromatic nitrogens is 2. The Morgan fingerprint density at radius 2 is 1.40 bits per heavy atom. The van der Waals surface area contributed by atoms with E-state index in [4.69, 9.17) is 9.97 Å². The Hall–Kier alpha value is -3.82. The molecule has 6 rings (SSSR count). The Balaban J connectivity index is 1.23.